The van der Waals surface area contributed by atoms with Crippen LogP contribution in [0.15, 0.2) is 0 Å². The summed E-state index contributed by atoms with van der Waals surface area (Å²) in [6.45, 7) is 7.66. The lowest BCUT2D eigenvalue weighted by Gasteiger charge is -2.55. The lowest BCUT2D eigenvalue weighted by molar-refractivity contribution is -0.0524. The first-order chi connectivity index (χ1) is 12.2. The normalized spacial score (nSPS) is 43.8. The van der Waals surface area contributed by atoms with E-state index in [0.717, 1.165) is 61.4 Å². The zero-order chi connectivity index (χ0) is 16.8. The Hall–Kier alpha value is -0.120. The molecule has 3 heteroatoms. The number of aliphatic hydroxyl groups excluding tert-OH is 1. The lowest BCUT2D eigenvalue weighted by atomic mass is 9.52. The van der Waals surface area contributed by atoms with E-state index in [-0.39, 0.29) is 6.10 Å². The summed E-state index contributed by atoms with van der Waals surface area (Å²) >= 11 is 0. The summed E-state index contributed by atoms with van der Waals surface area (Å²) in [5.74, 6) is 6.38. The Labute approximate surface area is 154 Å². The van der Waals surface area contributed by atoms with Gasteiger partial charge in [-0.25, -0.2) is 0 Å². The number of likely N-dealkylation sites (tertiary alicyclic amines) is 2. The fourth-order valence-corrected chi connectivity index (χ4v) is 7.45. The molecular formula is C22H38N2O. The SMILES string of the molecule is OC1CCN(CC2CCN(CC3C4CC5CC(C4)CC3C5)CC2)CC1. The fourth-order valence-electron chi connectivity index (χ4n) is 7.45. The highest BCUT2D eigenvalue weighted by Crippen LogP contribution is 2.56. The lowest BCUT2D eigenvalue weighted by Crippen LogP contribution is -2.50. The molecule has 2 heterocycles. The second kappa shape index (κ2) is 7.13. The monoisotopic (exact) mass is 346 g/mol. The van der Waals surface area contributed by atoms with E-state index < -0.39 is 0 Å². The Morgan fingerprint density at radius 2 is 1.16 bits per heavy atom. The quantitative estimate of drug-likeness (QED) is 0.847. The molecule has 0 radical (unpaired) electrons. The summed E-state index contributed by atoms with van der Waals surface area (Å²) < 4.78 is 0. The topological polar surface area (TPSA) is 26.7 Å². The third-order valence-corrected chi connectivity index (χ3v) is 8.67. The molecule has 142 valence electrons. The average Bonchev–Trinajstić information content (AvgIpc) is 2.61. The van der Waals surface area contributed by atoms with E-state index >= 15 is 0 Å². The molecule has 1 N–H and O–H groups in total. The van der Waals surface area contributed by atoms with Crippen molar-refractivity contribution in [2.24, 2.45) is 35.5 Å². The van der Waals surface area contributed by atoms with Gasteiger partial charge in [-0.05, 0) is 106 Å². The highest BCUT2D eigenvalue weighted by atomic mass is 16.3. The van der Waals surface area contributed by atoms with Gasteiger partial charge in [0.1, 0.15) is 0 Å². The van der Waals surface area contributed by atoms with Gasteiger partial charge in [-0.15, -0.1) is 0 Å². The first-order valence-corrected chi connectivity index (χ1v) is 11.4. The van der Waals surface area contributed by atoms with Crippen LogP contribution in [0, 0.1) is 35.5 Å². The summed E-state index contributed by atoms with van der Waals surface area (Å²) in [7, 11) is 0. The van der Waals surface area contributed by atoms with Crippen molar-refractivity contribution in [3.05, 3.63) is 0 Å². The number of hydrogen-bond acceptors (Lipinski definition) is 3. The molecule has 6 rings (SSSR count). The van der Waals surface area contributed by atoms with Crippen LogP contribution < -0.4 is 0 Å². The van der Waals surface area contributed by atoms with Crippen molar-refractivity contribution >= 4 is 0 Å². The molecule has 0 aromatic heterocycles. The minimum absolute atomic E-state index is 0.0286. The molecule has 4 bridgehead atoms. The molecule has 2 saturated heterocycles. The van der Waals surface area contributed by atoms with E-state index in [4.69, 9.17) is 0 Å². The van der Waals surface area contributed by atoms with Crippen LogP contribution in [0.25, 0.3) is 0 Å². The van der Waals surface area contributed by atoms with Crippen molar-refractivity contribution in [1.82, 2.24) is 9.80 Å². The van der Waals surface area contributed by atoms with Gasteiger partial charge >= 0.3 is 0 Å². The Kier molecular flexibility index (Phi) is 4.85. The minimum atomic E-state index is -0.0286. The van der Waals surface area contributed by atoms with E-state index in [9.17, 15) is 5.11 Å². The Balaban J connectivity index is 1.08. The van der Waals surface area contributed by atoms with E-state index in [1.807, 2.05) is 0 Å². The summed E-state index contributed by atoms with van der Waals surface area (Å²) in [5, 5.41) is 9.68. The molecule has 0 aromatic carbocycles. The van der Waals surface area contributed by atoms with E-state index in [0.29, 0.717) is 0 Å². The number of nitrogens with zero attached hydrogens (tertiary/aromatic N) is 2. The van der Waals surface area contributed by atoms with Gasteiger partial charge in [0.25, 0.3) is 0 Å². The third kappa shape index (κ3) is 3.66. The van der Waals surface area contributed by atoms with Gasteiger partial charge in [0.15, 0.2) is 0 Å². The molecular weight excluding hydrogens is 308 g/mol. The molecule has 4 aliphatic carbocycles. The van der Waals surface area contributed by atoms with E-state index in [1.165, 1.54) is 39.0 Å². The Bertz CT molecular complexity index is 423. The molecule has 2 aliphatic heterocycles. The van der Waals surface area contributed by atoms with Crippen LogP contribution in [0.4, 0.5) is 0 Å². The van der Waals surface area contributed by atoms with Gasteiger partial charge in [0.05, 0.1) is 6.10 Å². The van der Waals surface area contributed by atoms with Crippen molar-refractivity contribution in [2.45, 2.75) is 63.9 Å². The summed E-state index contributed by atoms with van der Waals surface area (Å²) in [5.41, 5.74) is 0. The summed E-state index contributed by atoms with van der Waals surface area (Å²) in [6, 6.07) is 0. The molecule has 6 aliphatic rings. The second-order valence-corrected chi connectivity index (χ2v) is 10.4. The molecule has 0 atom stereocenters. The zero-order valence-electron chi connectivity index (χ0n) is 16.0. The smallest absolute Gasteiger partial charge is 0.0564 e. The largest absolute Gasteiger partial charge is 0.393 e. The van der Waals surface area contributed by atoms with E-state index in [1.54, 1.807) is 32.1 Å². The van der Waals surface area contributed by atoms with Crippen LogP contribution in [0.5, 0.6) is 0 Å². The average molecular weight is 347 g/mol. The van der Waals surface area contributed by atoms with Crippen LogP contribution in [-0.4, -0.2) is 60.3 Å². The van der Waals surface area contributed by atoms with Gasteiger partial charge in [0, 0.05) is 26.2 Å². The Morgan fingerprint density at radius 3 is 1.76 bits per heavy atom. The molecule has 0 unspecified atom stereocenters. The second-order valence-electron chi connectivity index (χ2n) is 10.4. The van der Waals surface area contributed by atoms with Crippen LogP contribution in [0.1, 0.15) is 57.8 Å². The van der Waals surface area contributed by atoms with Crippen molar-refractivity contribution < 1.29 is 5.11 Å². The van der Waals surface area contributed by atoms with Crippen LogP contribution in [0.2, 0.25) is 0 Å². The van der Waals surface area contributed by atoms with Gasteiger partial charge in [-0.3, -0.25) is 0 Å². The number of aliphatic hydroxyl groups is 1. The molecule has 3 nitrogen and oxygen atoms in total. The maximum Gasteiger partial charge on any atom is 0.0564 e. The first kappa shape index (κ1) is 17.0. The standard InChI is InChI=1S/C22H38N2O/c25-21-3-7-23(8-4-21)14-16-1-5-24(6-2-16)15-22-19-10-17-9-18(12-19)13-20(22)11-17/h16-22,25H,1-15H2. The van der Waals surface area contributed by atoms with Crippen molar-refractivity contribution in [1.29, 1.82) is 0 Å². The number of hydrogen-bond donors (Lipinski definition) is 1. The fraction of sp³-hybridized carbons (Fsp3) is 1.00. The van der Waals surface area contributed by atoms with Crippen molar-refractivity contribution in [3.8, 4) is 0 Å². The maximum absolute atomic E-state index is 9.68. The van der Waals surface area contributed by atoms with Gasteiger partial charge in [0.2, 0.25) is 0 Å². The molecule has 6 fully saturated rings. The highest BCUT2D eigenvalue weighted by molar-refractivity contribution is 4.99. The predicted molar refractivity (Wildman–Crippen MR) is 101 cm³/mol. The molecule has 4 saturated carbocycles. The number of piperidine rings is 2. The zero-order valence-corrected chi connectivity index (χ0v) is 16.0. The molecule has 0 aromatic rings. The highest BCUT2D eigenvalue weighted by Gasteiger charge is 2.48. The number of rotatable bonds is 4. The maximum atomic E-state index is 9.68. The summed E-state index contributed by atoms with van der Waals surface area (Å²) in [6.07, 6.45) is 12.7. The van der Waals surface area contributed by atoms with Gasteiger partial charge < -0.3 is 14.9 Å². The predicted octanol–water partition coefficient (Wildman–Crippen LogP) is 3.23. The van der Waals surface area contributed by atoms with Crippen molar-refractivity contribution in [3.63, 3.8) is 0 Å². The Morgan fingerprint density at radius 1 is 0.640 bits per heavy atom. The van der Waals surface area contributed by atoms with Crippen LogP contribution in [0.3, 0.4) is 0 Å². The summed E-state index contributed by atoms with van der Waals surface area (Å²) in [4.78, 5) is 5.45. The molecule has 25 heavy (non-hydrogen) atoms. The third-order valence-electron chi connectivity index (χ3n) is 8.67. The van der Waals surface area contributed by atoms with Gasteiger partial charge in [-0.1, -0.05) is 0 Å². The van der Waals surface area contributed by atoms with Crippen LogP contribution in [-0.2, 0) is 0 Å². The molecule has 0 spiro atoms. The minimum Gasteiger partial charge on any atom is -0.393 e. The van der Waals surface area contributed by atoms with Gasteiger partial charge in [-0.2, -0.15) is 0 Å². The molecule has 0 amide bonds. The van der Waals surface area contributed by atoms with Crippen LogP contribution >= 0.6 is 0 Å². The van der Waals surface area contributed by atoms with Crippen molar-refractivity contribution in [2.75, 3.05) is 39.3 Å². The first-order valence-electron chi connectivity index (χ1n) is 11.4. The van der Waals surface area contributed by atoms with E-state index in [2.05, 4.69) is 9.80 Å².